The van der Waals surface area contributed by atoms with Crippen molar-refractivity contribution in [2.24, 2.45) is 5.92 Å². The summed E-state index contributed by atoms with van der Waals surface area (Å²) >= 11 is 0. The lowest BCUT2D eigenvalue weighted by Crippen LogP contribution is -2.07. The van der Waals surface area contributed by atoms with Gasteiger partial charge < -0.3 is 0 Å². The van der Waals surface area contributed by atoms with Crippen LogP contribution in [0, 0.1) is 5.92 Å². The third-order valence-corrected chi connectivity index (χ3v) is 3.14. The van der Waals surface area contributed by atoms with Crippen molar-refractivity contribution in [1.29, 1.82) is 0 Å². The molecule has 84 valence electrons. The van der Waals surface area contributed by atoms with Gasteiger partial charge in [-0.15, -0.1) is 0 Å². The van der Waals surface area contributed by atoms with Crippen LogP contribution in [-0.4, -0.2) is 15.8 Å². The van der Waals surface area contributed by atoms with E-state index in [2.05, 4.69) is 22.1 Å². The fourth-order valence-corrected chi connectivity index (χ4v) is 2.15. The maximum atomic E-state index is 12.1. The molecule has 1 aromatic heterocycles. The molecule has 1 aromatic carbocycles. The summed E-state index contributed by atoms with van der Waals surface area (Å²) in [5.41, 5.74) is 1.24. The van der Waals surface area contributed by atoms with Gasteiger partial charge in [0, 0.05) is 18.3 Å². The molecule has 1 heterocycles. The minimum Gasteiger partial charge on any atom is -0.290 e. The average molecular weight is 224 g/mol. The Kier molecular flexibility index (Phi) is 2.44. The van der Waals surface area contributed by atoms with Crippen molar-refractivity contribution in [3.63, 3.8) is 0 Å². The zero-order valence-corrected chi connectivity index (χ0v) is 9.28. The normalized spacial score (nSPS) is 22.1. The van der Waals surface area contributed by atoms with Crippen LogP contribution in [0.3, 0.4) is 0 Å². The van der Waals surface area contributed by atoms with Gasteiger partial charge in [-0.05, 0) is 24.0 Å². The van der Waals surface area contributed by atoms with Crippen LogP contribution < -0.4 is 0 Å². The minimum absolute atomic E-state index is 0.0689. The first-order valence-electron chi connectivity index (χ1n) is 5.72. The predicted molar refractivity (Wildman–Crippen MR) is 63.7 cm³/mol. The smallest absolute Gasteiger partial charge is 0.203 e. The summed E-state index contributed by atoms with van der Waals surface area (Å²) in [6, 6.07) is 11.9. The monoisotopic (exact) mass is 224 g/mol. The Labute approximate surface area is 99.5 Å². The molecular weight excluding hydrogens is 212 g/mol. The van der Waals surface area contributed by atoms with Crippen LogP contribution in [0.4, 0.5) is 0 Å². The zero-order valence-electron chi connectivity index (χ0n) is 9.28. The molecular formula is C14H12N2O. The number of carbonyl (C=O) groups is 1. The van der Waals surface area contributed by atoms with E-state index in [4.69, 9.17) is 0 Å². The second-order valence-electron chi connectivity index (χ2n) is 4.30. The molecule has 3 rings (SSSR count). The molecule has 3 nitrogen and oxygen atoms in total. The van der Waals surface area contributed by atoms with Crippen molar-refractivity contribution >= 4 is 5.78 Å². The van der Waals surface area contributed by atoms with Gasteiger partial charge in [0.15, 0.2) is 5.82 Å². The third kappa shape index (κ3) is 1.96. The van der Waals surface area contributed by atoms with E-state index < -0.39 is 0 Å². The van der Waals surface area contributed by atoms with E-state index in [0.717, 1.165) is 6.42 Å². The van der Waals surface area contributed by atoms with E-state index in [1.165, 1.54) is 5.56 Å². The molecule has 0 radical (unpaired) electrons. The Balaban J connectivity index is 1.76. The van der Waals surface area contributed by atoms with Gasteiger partial charge in [0.05, 0.1) is 0 Å². The Bertz CT molecular complexity index is 524. The highest BCUT2D eigenvalue weighted by molar-refractivity contribution is 5.97. The molecule has 0 spiro atoms. The second-order valence-corrected chi connectivity index (χ2v) is 4.30. The molecule has 1 aliphatic rings. The predicted octanol–water partition coefficient (Wildman–Crippen LogP) is 2.46. The van der Waals surface area contributed by atoms with E-state index in [1.807, 2.05) is 18.2 Å². The molecule has 1 saturated carbocycles. The number of hydrogen-bond acceptors (Lipinski definition) is 3. The lowest BCUT2D eigenvalue weighted by atomic mass is 10.1. The van der Waals surface area contributed by atoms with Gasteiger partial charge in [-0.25, -0.2) is 9.97 Å². The van der Waals surface area contributed by atoms with Crippen LogP contribution in [0.1, 0.15) is 28.5 Å². The van der Waals surface area contributed by atoms with Crippen LogP contribution in [-0.2, 0) is 0 Å². The highest BCUT2D eigenvalue weighted by atomic mass is 16.1. The van der Waals surface area contributed by atoms with Crippen LogP contribution in [0.2, 0.25) is 0 Å². The van der Waals surface area contributed by atoms with Gasteiger partial charge >= 0.3 is 0 Å². The summed E-state index contributed by atoms with van der Waals surface area (Å²) in [6.45, 7) is 0. The van der Waals surface area contributed by atoms with E-state index >= 15 is 0 Å². The topological polar surface area (TPSA) is 42.9 Å². The van der Waals surface area contributed by atoms with Crippen LogP contribution >= 0.6 is 0 Å². The Morgan fingerprint density at radius 1 is 1.06 bits per heavy atom. The van der Waals surface area contributed by atoms with E-state index in [0.29, 0.717) is 11.7 Å². The minimum atomic E-state index is 0.0689. The lowest BCUT2D eigenvalue weighted by molar-refractivity contribution is 0.0955. The van der Waals surface area contributed by atoms with Crippen molar-refractivity contribution in [3.8, 4) is 0 Å². The number of nitrogens with zero attached hydrogens (tertiary/aromatic N) is 2. The molecule has 2 atom stereocenters. The van der Waals surface area contributed by atoms with Crippen molar-refractivity contribution < 1.29 is 4.79 Å². The first kappa shape index (κ1) is 10.1. The fourth-order valence-electron chi connectivity index (χ4n) is 2.15. The highest BCUT2D eigenvalue weighted by Crippen LogP contribution is 2.48. The Morgan fingerprint density at radius 2 is 1.76 bits per heavy atom. The number of benzene rings is 1. The maximum absolute atomic E-state index is 12.1. The fraction of sp³-hybridized carbons (Fsp3) is 0.214. The van der Waals surface area contributed by atoms with Crippen molar-refractivity contribution in [1.82, 2.24) is 9.97 Å². The Hall–Kier alpha value is -2.03. The quantitative estimate of drug-likeness (QED) is 0.752. The maximum Gasteiger partial charge on any atom is 0.203 e. The van der Waals surface area contributed by atoms with E-state index in [9.17, 15) is 4.79 Å². The van der Waals surface area contributed by atoms with Gasteiger partial charge in [0.2, 0.25) is 5.78 Å². The molecule has 0 bridgehead atoms. The van der Waals surface area contributed by atoms with Crippen molar-refractivity contribution in [3.05, 3.63) is 60.2 Å². The first-order chi connectivity index (χ1) is 8.36. The van der Waals surface area contributed by atoms with Crippen molar-refractivity contribution in [2.45, 2.75) is 12.3 Å². The van der Waals surface area contributed by atoms with E-state index in [1.54, 1.807) is 18.5 Å². The van der Waals surface area contributed by atoms with Crippen LogP contribution in [0.25, 0.3) is 0 Å². The van der Waals surface area contributed by atoms with Crippen molar-refractivity contribution in [2.75, 3.05) is 0 Å². The number of rotatable bonds is 3. The SMILES string of the molecule is O=C(c1ncccn1)C1CC1c1ccccc1. The van der Waals surface area contributed by atoms with Crippen LogP contribution in [0.15, 0.2) is 48.8 Å². The van der Waals surface area contributed by atoms with Gasteiger partial charge in [-0.3, -0.25) is 4.79 Å². The molecule has 2 unspecified atom stereocenters. The summed E-state index contributed by atoms with van der Waals surface area (Å²) < 4.78 is 0. The standard InChI is InChI=1S/C14H12N2O/c17-13(14-15-7-4-8-16-14)12-9-11(12)10-5-2-1-3-6-10/h1-8,11-12H,9H2. The van der Waals surface area contributed by atoms with Crippen LogP contribution in [0.5, 0.6) is 0 Å². The number of hydrogen-bond donors (Lipinski definition) is 0. The molecule has 0 N–H and O–H groups in total. The molecule has 2 aromatic rings. The number of ketones is 1. The number of carbonyl (C=O) groups excluding carboxylic acids is 1. The molecule has 1 fully saturated rings. The lowest BCUT2D eigenvalue weighted by Gasteiger charge is -1.99. The number of aromatic nitrogens is 2. The number of Topliss-reactive ketones (excluding diaryl/α,β-unsaturated/α-hetero) is 1. The third-order valence-electron chi connectivity index (χ3n) is 3.14. The van der Waals surface area contributed by atoms with Gasteiger partial charge in [0.25, 0.3) is 0 Å². The molecule has 0 aliphatic heterocycles. The largest absolute Gasteiger partial charge is 0.290 e. The molecule has 1 aliphatic carbocycles. The molecule has 0 saturated heterocycles. The van der Waals surface area contributed by atoms with Gasteiger partial charge in [-0.1, -0.05) is 30.3 Å². The summed E-state index contributed by atoms with van der Waals surface area (Å²) in [6.07, 6.45) is 4.14. The van der Waals surface area contributed by atoms with E-state index in [-0.39, 0.29) is 11.7 Å². The summed E-state index contributed by atoms with van der Waals surface area (Å²) in [7, 11) is 0. The molecule has 3 heteroatoms. The molecule has 0 amide bonds. The Morgan fingerprint density at radius 3 is 2.47 bits per heavy atom. The van der Waals surface area contributed by atoms with Gasteiger partial charge in [-0.2, -0.15) is 0 Å². The molecule has 17 heavy (non-hydrogen) atoms. The first-order valence-corrected chi connectivity index (χ1v) is 5.72. The second kappa shape index (κ2) is 4.09. The summed E-state index contributed by atoms with van der Waals surface area (Å²) in [5, 5.41) is 0. The summed E-state index contributed by atoms with van der Waals surface area (Å²) in [4.78, 5) is 20.1. The summed E-state index contributed by atoms with van der Waals surface area (Å²) in [5.74, 6) is 0.836. The highest BCUT2D eigenvalue weighted by Gasteiger charge is 2.44. The zero-order chi connectivity index (χ0) is 11.7. The van der Waals surface area contributed by atoms with Gasteiger partial charge in [0.1, 0.15) is 0 Å². The average Bonchev–Trinajstić information content (AvgIpc) is 3.20.